The molecule has 86 valence electrons. The van der Waals surface area contributed by atoms with Gasteiger partial charge in [-0.3, -0.25) is 4.79 Å². The molecule has 2 atom stereocenters. The third-order valence-electron chi connectivity index (χ3n) is 3.07. The van der Waals surface area contributed by atoms with E-state index in [4.69, 9.17) is 0 Å². The topological polar surface area (TPSA) is 33.2 Å². The van der Waals surface area contributed by atoms with E-state index in [1.165, 1.54) is 6.42 Å². The Morgan fingerprint density at radius 2 is 2.31 bits per heavy atom. The van der Waals surface area contributed by atoms with Crippen molar-refractivity contribution in [1.29, 1.82) is 0 Å². The molecule has 1 amide bonds. The van der Waals surface area contributed by atoms with Crippen LogP contribution in [0, 0.1) is 11.8 Å². The van der Waals surface area contributed by atoms with Gasteiger partial charge in [0, 0.05) is 13.6 Å². The van der Waals surface area contributed by atoms with Crippen molar-refractivity contribution in [3.05, 3.63) is 28.5 Å². The number of aromatic nitrogens is 1. The van der Waals surface area contributed by atoms with Crippen LogP contribution in [0.3, 0.4) is 0 Å². The molecule has 16 heavy (non-hydrogen) atoms. The average molecular weight is 283 g/mol. The SMILES string of the molecule is CC1CC1CN(C)C(=O)c1cccc(Br)n1. The third kappa shape index (κ3) is 2.61. The maximum absolute atomic E-state index is 12.0. The zero-order valence-electron chi connectivity index (χ0n) is 9.48. The van der Waals surface area contributed by atoms with Gasteiger partial charge in [0.2, 0.25) is 0 Å². The number of halogens is 1. The minimum atomic E-state index is 0.000370. The fourth-order valence-corrected chi connectivity index (χ4v) is 2.15. The van der Waals surface area contributed by atoms with Crippen LogP contribution in [0.25, 0.3) is 0 Å². The highest BCUT2D eigenvalue weighted by Crippen LogP contribution is 2.38. The lowest BCUT2D eigenvalue weighted by Gasteiger charge is -2.16. The summed E-state index contributed by atoms with van der Waals surface area (Å²) in [6, 6.07) is 5.40. The van der Waals surface area contributed by atoms with Crippen LogP contribution in [0.2, 0.25) is 0 Å². The van der Waals surface area contributed by atoms with Crippen molar-refractivity contribution < 1.29 is 4.79 Å². The maximum atomic E-state index is 12.0. The van der Waals surface area contributed by atoms with Gasteiger partial charge < -0.3 is 4.90 Å². The summed E-state index contributed by atoms with van der Waals surface area (Å²) >= 11 is 3.27. The van der Waals surface area contributed by atoms with Crippen LogP contribution in [0.5, 0.6) is 0 Å². The zero-order valence-corrected chi connectivity index (χ0v) is 11.1. The summed E-state index contributed by atoms with van der Waals surface area (Å²) < 4.78 is 0.700. The molecule has 0 spiro atoms. The van der Waals surface area contributed by atoms with Gasteiger partial charge in [-0.2, -0.15) is 0 Å². The van der Waals surface area contributed by atoms with Crippen LogP contribution in [-0.4, -0.2) is 29.4 Å². The van der Waals surface area contributed by atoms with E-state index in [9.17, 15) is 4.79 Å². The van der Waals surface area contributed by atoms with Gasteiger partial charge in [-0.05, 0) is 46.3 Å². The van der Waals surface area contributed by atoms with E-state index >= 15 is 0 Å². The van der Waals surface area contributed by atoms with Gasteiger partial charge >= 0.3 is 0 Å². The van der Waals surface area contributed by atoms with Crippen molar-refractivity contribution in [2.24, 2.45) is 11.8 Å². The fraction of sp³-hybridized carbons (Fsp3) is 0.500. The Morgan fingerprint density at radius 3 is 2.88 bits per heavy atom. The number of amides is 1. The molecular weight excluding hydrogens is 268 g/mol. The normalized spacial score (nSPS) is 22.9. The summed E-state index contributed by atoms with van der Waals surface area (Å²) in [5.74, 6) is 1.45. The molecule has 0 N–H and O–H groups in total. The molecule has 0 aromatic carbocycles. The van der Waals surface area contributed by atoms with E-state index in [0.29, 0.717) is 16.2 Å². The summed E-state index contributed by atoms with van der Waals surface area (Å²) in [5.41, 5.74) is 0.505. The Balaban J connectivity index is 2.01. The predicted molar refractivity (Wildman–Crippen MR) is 66.2 cm³/mol. The van der Waals surface area contributed by atoms with Crippen LogP contribution in [-0.2, 0) is 0 Å². The molecule has 0 aliphatic heterocycles. The lowest BCUT2D eigenvalue weighted by Crippen LogP contribution is -2.29. The van der Waals surface area contributed by atoms with Gasteiger partial charge in [0.1, 0.15) is 10.3 Å². The fourth-order valence-electron chi connectivity index (χ4n) is 1.81. The molecule has 4 heteroatoms. The highest BCUT2D eigenvalue weighted by Gasteiger charge is 2.34. The number of carbonyl (C=O) groups excluding carboxylic acids is 1. The first-order valence-corrected chi connectivity index (χ1v) is 6.25. The monoisotopic (exact) mass is 282 g/mol. The summed E-state index contributed by atoms with van der Waals surface area (Å²) in [5, 5.41) is 0. The number of hydrogen-bond acceptors (Lipinski definition) is 2. The van der Waals surface area contributed by atoms with Crippen molar-refractivity contribution in [3.63, 3.8) is 0 Å². The Labute approximate surface area is 104 Å². The Hall–Kier alpha value is -0.900. The summed E-state index contributed by atoms with van der Waals surface area (Å²) in [7, 11) is 1.84. The van der Waals surface area contributed by atoms with Crippen molar-refractivity contribution in [2.45, 2.75) is 13.3 Å². The van der Waals surface area contributed by atoms with E-state index < -0.39 is 0 Å². The minimum Gasteiger partial charge on any atom is -0.340 e. The second-order valence-electron chi connectivity index (χ2n) is 4.50. The van der Waals surface area contributed by atoms with E-state index in [1.807, 2.05) is 19.2 Å². The lowest BCUT2D eigenvalue weighted by molar-refractivity contribution is 0.0781. The number of carbonyl (C=O) groups is 1. The molecule has 1 aliphatic rings. The molecule has 0 saturated heterocycles. The second kappa shape index (κ2) is 4.53. The van der Waals surface area contributed by atoms with Gasteiger partial charge in [-0.1, -0.05) is 13.0 Å². The van der Waals surface area contributed by atoms with E-state index in [0.717, 1.165) is 12.5 Å². The number of nitrogens with zero attached hydrogens (tertiary/aromatic N) is 2. The Bertz CT molecular complexity index is 408. The van der Waals surface area contributed by atoms with Crippen LogP contribution < -0.4 is 0 Å². The van der Waals surface area contributed by atoms with Gasteiger partial charge in [0.15, 0.2) is 0 Å². The molecule has 0 radical (unpaired) electrons. The molecule has 1 aliphatic carbocycles. The van der Waals surface area contributed by atoms with Gasteiger partial charge in [-0.25, -0.2) is 4.98 Å². The van der Waals surface area contributed by atoms with E-state index in [2.05, 4.69) is 27.8 Å². The summed E-state index contributed by atoms with van der Waals surface area (Å²) in [6.45, 7) is 3.06. The van der Waals surface area contributed by atoms with Gasteiger partial charge in [0.25, 0.3) is 5.91 Å². The summed E-state index contributed by atoms with van der Waals surface area (Å²) in [4.78, 5) is 17.9. The van der Waals surface area contributed by atoms with Crippen molar-refractivity contribution in [2.75, 3.05) is 13.6 Å². The van der Waals surface area contributed by atoms with Crippen molar-refractivity contribution in [1.82, 2.24) is 9.88 Å². The first kappa shape index (κ1) is 11.6. The number of pyridine rings is 1. The lowest BCUT2D eigenvalue weighted by atomic mass is 10.3. The van der Waals surface area contributed by atoms with Crippen molar-refractivity contribution in [3.8, 4) is 0 Å². The van der Waals surface area contributed by atoms with E-state index in [-0.39, 0.29) is 5.91 Å². The maximum Gasteiger partial charge on any atom is 0.272 e. The minimum absolute atomic E-state index is 0.000370. The molecule has 1 heterocycles. The molecular formula is C12H15BrN2O. The quantitative estimate of drug-likeness (QED) is 0.799. The highest BCUT2D eigenvalue weighted by atomic mass is 79.9. The van der Waals surface area contributed by atoms with Crippen LogP contribution in [0.4, 0.5) is 0 Å². The average Bonchev–Trinajstić information content (AvgIpc) is 2.93. The number of rotatable bonds is 3. The zero-order chi connectivity index (χ0) is 11.7. The van der Waals surface area contributed by atoms with Gasteiger partial charge in [-0.15, -0.1) is 0 Å². The molecule has 2 rings (SSSR count). The van der Waals surface area contributed by atoms with Crippen LogP contribution in [0.1, 0.15) is 23.8 Å². The molecule has 1 aromatic rings. The third-order valence-corrected chi connectivity index (χ3v) is 3.51. The standard InChI is InChI=1S/C12H15BrN2O/c1-8-6-9(8)7-15(2)12(16)10-4-3-5-11(13)14-10/h3-5,8-9H,6-7H2,1-2H3. The van der Waals surface area contributed by atoms with Crippen molar-refractivity contribution >= 4 is 21.8 Å². The first-order chi connectivity index (χ1) is 7.58. The number of hydrogen-bond donors (Lipinski definition) is 0. The van der Waals surface area contributed by atoms with E-state index in [1.54, 1.807) is 11.0 Å². The van der Waals surface area contributed by atoms with Crippen LogP contribution in [0.15, 0.2) is 22.8 Å². The molecule has 1 aromatic heterocycles. The van der Waals surface area contributed by atoms with Crippen LogP contribution >= 0.6 is 15.9 Å². The molecule has 2 unspecified atom stereocenters. The predicted octanol–water partition coefficient (Wildman–Crippen LogP) is 2.57. The molecule has 1 saturated carbocycles. The second-order valence-corrected chi connectivity index (χ2v) is 5.32. The first-order valence-electron chi connectivity index (χ1n) is 5.46. The largest absolute Gasteiger partial charge is 0.340 e. The Morgan fingerprint density at radius 1 is 1.62 bits per heavy atom. The molecule has 3 nitrogen and oxygen atoms in total. The smallest absolute Gasteiger partial charge is 0.272 e. The molecule has 1 fully saturated rings. The highest BCUT2D eigenvalue weighted by molar-refractivity contribution is 9.10. The summed E-state index contributed by atoms with van der Waals surface area (Å²) in [6.07, 6.45) is 1.24. The van der Waals surface area contributed by atoms with Gasteiger partial charge in [0.05, 0.1) is 0 Å². The Kier molecular flexibility index (Phi) is 3.28. The molecule has 0 bridgehead atoms.